The molecule has 1 aromatic carbocycles. The van der Waals surface area contributed by atoms with Crippen molar-refractivity contribution in [3.8, 4) is 5.75 Å². The van der Waals surface area contributed by atoms with Crippen LogP contribution in [0.3, 0.4) is 0 Å². The molecule has 88 valence electrons. The highest BCUT2D eigenvalue weighted by atomic mass is 35.5. The van der Waals surface area contributed by atoms with Gasteiger partial charge in [0.1, 0.15) is 5.75 Å². The van der Waals surface area contributed by atoms with Crippen LogP contribution in [-0.2, 0) is 16.0 Å². The number of methoxy groups -OCH3 is 1. The standard InChI is InChI=1S/C12H15ClO3/c1-15-12(14)9-10-3-5-11(6-4-10)16-8-2-7-13/h3-6H,2,7-9H2,1H3. The molecule has 4 heteroatoms. The van der Waals surface area contributed by atoms with E-state index in [9.17, 15) is 4.79 Å². The molecule has 1 rings (SSSR count). The Morgan fingerprint density at radius 3 is 2.56 bits per heavy atom. The minimum absolute atomic E-state index is 0.240. The summed E-state index contributed by atoms with van der Waals surface area (Å²) in [5.74, 6) is 1.15. The maximum atomic E-state index is 11.0. The van der Waals surface area contributed by atoms with Gasteiger partial charge in [-0.25, -0.2) is 0 Å². The number of halogens is 1. The molecular formula is C12H15ClO3. The van der Waals surface area contributed by atoms with E-state index < -0.39 is 0 Å². The third kappa shape index (κ3) is 4.53. The van der Waals surface area contributed by atoms with Crippen LogP contribution in [0.25, 0.3) is 0 Å². The lowest BCUT2D eigenvalue weighted by molar-refractivity contribution is -0.139. The molecule has 1 aromatic rings. The van der Waals surface area contributed by atoms with Crippen molar-refractivity contribution >= 4 is 17.6 Å². The molecule has 0 bridgehead atoms. The summed E-state index contributed by atoms with van der Waals surface area (Å²) < 4.78 is 10.0. The number of benzene rings is 1. The Kier molecular flexibility index (Phi) is 5.72. The highest BCUT2D eigenvalue weighted by molar-refractivity contribution is 6.17. The van der Waals surface area contributed by atoms with E-state index in [1.54, 1.807) is 0 Å². The first-order valence-electron chi connectivity index (χ1n) is 5.11. The lowest BCUT2D eigenvalue weighted by atomic mass is 10.1. The minimum atomic E-state index is -0.240. The topological polar surface area (TPSA) is 35.5 Å². The lowest BCUT2D eigenvalue weighted by Gasteiger charge is -2.05. The summed E-state index contributed by atoms with van der Waals surface area (Å²) in [6.45, 7) is 0.611. The van der Waals surface area contributed by atoms with Gasteiger partial charge in [-0.1, -0.05) is 12.1 Å². The maximum Gasteiger partial charge on any atom is 0.309 e. The molecule has 3 nitrogen and oxygen atoms in total. The predicted molar refractivity (Wildman–Crippen MR) is 63.0 cm³/mol. The van der Waals surface area contributed by atoms with Gasteiger partial charge in [0.2, 0.25) is 0 Å². The zero-order valence-electron chi connectivity index (χ0n) is 9.24. The number of rotatable bonds is 6. The number of ether oxygens (including phenoxy) is 2. The van der Waals surface area contributed by atoms with Crippen LogP contribution >= 0.6 is 11.6 Å². The first kappa shape index (κ1) is 12.8. The Balaban J connectivity index is 2.44. The molecular weight excluding hydrogens is 228 g/mol. The zero-order chi connectivity index (χ0) is 11.8. The maximum absolute atomic E-state index is 11.0. The summed E-state index contributed by atoms with van der Waals surface area (Å²) in [7, 11) is 1.38. The fourth-order valence-corrected chi connectivity index (χ4v) is 1.30. The molecule has 0 fully saturated rings. The Hall–Kier alpha value is -1.22. The van der Waals surface area contributed by atoms with Crippen molar-refractivity contribution in [2.45, 2.75) is 12.8 Å². The molecule has 16 heavy (non-hydrogen) atoms. The average molecular weight is 243 g/mol. The van der Waals surface area contributed by atoms with E-state index in [0.717, 1.165) is 17.7 Å². The van der Waals surface area contributed by atoms with Gasteiger partial charge in [-0.2, -0.15) is 0 Å². The summed E-state index contributed by atoms with van der Waals surface area (Å²) in [5.41, 5.74) is 0.913. The van der Waals surface area contributed by atoms with Crippen molar-refractivity contribution in [2.24, 2.45) is 0 Å². The number of hydrogen-bond donors (Lipinski definition) is 0. The molecule has 0 aliphatic carbocycles. The normalized spacial score (nSPS) is 9.88. The molecule has 0 amide bonds. The molecule has 0 spiro atoms. The van der Waals surface area contributed by atoms with E-state index in [2.05, 4.69) is 4.74 Å². The summed E-state index contributed by atoms with van der Waals surface area (Å²) in [4.78, 5) is 11.0. The molecule has 0 unspecified atom stereocenters. The second-order valence-corrected chi connectivity index (χ2v) is 3.67. The quantitative estimate of drug-likeness (QED) is 0.437. The number of alkyl halides is 1. The first-order chi connectivity index (χ1) is 7.76. The lowest BCUT2D eigenvalue weighted by Crippen LogP contribution is -2.04. The zero-order valence-corrected chi connectivity index (χ0v) is 10.00. The third-order valence-corrected chi connectivity index (χ3v) is 2.31. The van der Waals surface area contributed by atoms with Gasteiger partial charge >= 0.3 is 5.97 Å². The average Bonchev–Trinajstić information content (AvgIpc) is 2.31. The SMILES string of the molecule is COC(=O)Cc1ccc(OCCCCl)cc1. The van der Waals surface area contributed by atoms with Crippen molar-refractivity contribution in [3.63, 3.8) is 0 Å². The second-order valence-electron chi connectivity index (χ2n) is 3.29. The molecule has 0 aromatic heterocycles. The molecule has 0 saturated heterocycles. The number of hydrogen-bond acceptors (Lipinski definition) is 3. The summed E-state index contributed by atoms with van der Waals surface area (Å²) >= 11 is 5.53. The molecule has 0 aliphatic heterocycles. The Bertz CT molecular complexity index is 322. The molecule has 0 aliphatic rings. The molecule has 0 heterocycles. The van der Waals surface area contributed by atoms with Crippen LogP contribution in [0.4, 0.5) is 0 Å². The monoisotopic (exact) mass is 242 g/mol. The Labute approximate surface area is 100 Å². The minimum Gasteiger partial charge on any atom is -0.494 e. The van der Waals surface area contributed by atoms with Gasteiger partial charge in [-0.15, -0.1) is 11.6 Å². The molecule has 0 radical (unpaired) electrons. The van der Waals surface area contributed by atoms with Gasteiger partial charge < -0.3 is 9.47 Å². The molecule has 0 N–H and O–H groups in total. The number of esters is 1. The van der Waals surface area contributed by atoms with Crippen LogP contribution in [0, 0.1) is 0 Å². The van der Waals surface area contributed by atoms with Crippen LogP contribution in [0.2, 0.25) is 0 Å². The van der Waals surface area contributed by atoms with E-state index in [4.69, 9.17) is 16.3 Å². The fourth-order valence-electron chi connectivity index (χ4n) is 1.19. The van der Waals surface area contributed by atoms with Crippen molar-refractivity contribution in [1.29, 1.82) is 0 Å². The van der Waals surface area contributed by atoms with Crippen molar-refractivity contribution in [1.82, 2.24) is 0 Å². The third-order valence-electron chi connectivity index (χ3n) is 2.05. The van der Waals surface area contributed by atoms with Crippen molar-refractivity contribution < 1.29 is 14.3 Å². The van der Waals surface area contributed by atoms with Crippen molar-refractivity contribution in [2.75, 3.05) is 19.6 Å². The smallest absolute Gasteiger partial charge is 0.309 e. The largest absolute Gasteiger partial charge is 0.494 e. The van der Waals surface area contributed by atoms with Crippen LogP contribution in [0.5, 0.6) is 5.75 Å². The van der Waals surface area contributed by atoms with Gasteiger partial charge in [0.25, 0.3) is 0 Å². The number of carbonyl (C=O) groups excluding carboxylic acids is 1. The Morgan fingerprint density at radius 1 is 1.31 bits per heavy atom. The number of carbonyl (C=O) groups is 1. The second kappa shape index (κ2) is 7.12. The van der Waals surface area contributed by atoms with E-state index in [1.807, 2.05) is 24.3 Å². The van der Waals surface area contributed by atoms with Crippen LogP contribution < -0.4 is 4.74 Å². The summed E-state index contributed by atoms with van der Waals surface area (Å²) in [6, 6.07) is 7.39. The van der Waals surface area contributed by atoms with Gasteiger partial charge in [0.05, 0.1) is 20.1 Å². The van der Waals surface area contributed by atoms with Crippen LogP contribution in [0.15, 0.2) is 24.3 Å². The highest BCUT2D eigenvalue weighted by Crippen LogP contribution is 2.13. The fraction of sp³-hybridized carbons (Fsp3) is 0.417. The van der Waals surface area contributed by atoms with E-state index in [1.165, 1.54) is 7.11 Å². The van der Waals surface area contributed by atoms with Crippen LogP contribution in [0.1, 0.15) is 12.0 Å². The van der Waals surface area contributed by atoms with Gasteiger partial charge in [-0.05, 0) is 24.1 Å². The highest BCUT2D eigenvalue weighted by Gasteiger charge is 2.02. The van der Waals surface area contributed by atoms with E-state index in [-0.39, 0.29) is 5.97 Å². The van der Waals surface area contributed by atoms with Crippen LogP contribution in [-0.4, -0.2) is 25.6 Å². The molecule has 0 atom stereocenters. The summed E-state index contributed by atoms with van der Waals surface area (Å²) in [5, 5.41) is 0. The van der Waals surface area contributed by atoms with E-state index >= 15 is 0 Å². The molecule has 0 saturated carbocycles. The Morgan fingerprint density at radius 2 is 2.00 bits per heavy atom. The predicted octanol–water partition coefficient (Wildman–Crippen LogP) is 2.41. The van der Waals surface area contributed by atoms with E-state index in [0.29, 0.717) is 18.9 Å². The van der Waals surface area contributed by atoms with Gasteiger partial charge in [0.15, 0.2) is 0 Å². The van der Waals surface area contributed by atoms with Gasteiger partial charge in [0, 0.05) is 5.88 Å². The summed E-state index contributed by atoms with van der Waals surface area (Å²) in [6.07, 6.45) is 1.12. The van der Waals surface area contributed by atoms with Gasteiger partial charge in [-0.3, -0.25) is 4.79 Å². The van der Waals surface area contributed by atoms with Crippen molar-refractivity contribution in [3.05, 3.63) is 29.8 Å². The first-order valence-corrected chi connectivity index (χ1v) is 5.64.